The molecule has 0 unspecified atom stereocenters. The zero-order chi connectivity index (χ0) is 26.8. The van der Waals surface area contributed by atoms with Crippen LogP contribution in [-0.4, -0.2) is 54.6 Å². The number of phenols is 1. The van der Waals surface area contributed by atoms with Gasteiger partial charge in [0.25, 0.3) is 0 Å². The number of halogens is 2. The lowest BCUT2D eigenvalue weighted by molar-refractivity contribution is 0.0923. The van der Waals surface area contributed by atoms with E-state index in [0.717, 1.165) is 78.7 Å². The van der Waals surface area contributed by atoms with Gasteiger partial charge in [-0.2, -0.15) is 0 Å². The van der Waals surface area contributed by atoms with Crippen molar-refractivity contribution < 1.29 is 14.6 Å². The predicted molar refractivity (Wildman–Crippen MR) is 162 cm³/mol. The molecule has 8 heteroatoms. The van der Waals surface area contributed by atoms with Crippen LogP contribution in [0, 0.1) is 11.8 Å². The molecule has 0 spiro atoms. The highest BCUT2D eigenvalue weighted by atomic mass is 35.5. The zero-order valence-electron chi connectivity index (χ0n) is 23.0. The van der Waals surface area contributed by atoms with E-state index < -0.39 is 0 Å². The molecule has 0 atom stereocenters. The van der Waals surface area contributed by atoms with Crippen molar-refractivity contribution in [3.63, 3.8) is 0 Å². The molecule has 0 aliphatic heterocycles. The van der Waals surface area contributed by atoms with E-state index in [1.807, 2.05) is 12.1 Å². The van der Waals surface area contributed by atoms with Crippen molar-refractivity contribution in [1.29, 1.82) is 0 Å². The van der Waals surface area contributed by atoms with Gasteiger partial charge >= 0.3 is 0 Å². The number of benzene rings is 2. The van der Waals surface area contributed by atoms with E-state index in [2.05, 4.69) is 30.4 Å². The Balaban J connectivity index is 0.00000353. The van der Waals surface area contributed by atoms with Crippen molar-refractivity contribution in [3.8, 4) is 22.6 Å². The molecule has 2 N–H and O–H groups in total. The van der Waals surface area contributed by atoms with E-state index in [9.17, 15) is 9.90 Å². The summed E-state index contributed by atoms with van der Waals surface area (Å²) in [5.41, 5.74) is 4.20. The molecule has 2 aliphatic carbocycles. The summed E-state index contributed by atoms with van der Waals surface area (Å²) in [5, 5.41) is 15.2. The first-order valence-electron chi connectivity index (χ1n) is 13.8. The lowest BCUT2D eigenvalue weighted by Crippen LogP contribution is -2.31. The summed E-state index contributed by atoms with van der Waals surface area (Å²) in [5.74, 6) is 1.26. The SMILES string of the molecule is COc1cc(-c2ccc3ncc(C(=O)C4CCCC4)c(NC4CCC(CN(C)C)CC4)c3c2)cc(Cl)c1O.Cl. The van der Waals surface area contributed by atoms with Gasteiger partial charge in [-0.3, -0.25) is 9.78 Å². The molecule has 1 heterocycles. The van der Waals surface area contributed by atoms with Crippen molar-refractivity contribution in [2.24, 2.45) is 11.8 Å². The minimum Gasteiger partial charge on any atom is -0.503 e. The fourth-order valence-corrected chi connectivity index (χ4v) is 6.44. The minimum atomic E-state index is -0.0722. The van der Waals surface area contributed by atoms with Gasteiger partial charge in [0.2, 0.25) is 0 Å². The molecule has 5 rings (SSSR count). The monoisotopic (exact) mass is 571 g/mol. The molecule has 39 heavy (non-hydrogen) atoms. The predicted octanol–water partition coefficient (Wildman–Crippen LogP) is 7.60. The summed E-state index contributed by atoms with van der Waals surface area (Å²) in [7, 11) is 5.79. The average molecular weight is 573 g/mol. The second-order valence-corrected chi connectivity index (χ2v) is 11.7. The Morgan fingerprint density at radius 1 is 1.08 bits per heavy atom. The number of anilines is 1. The molecular weight excluding hydrogens is 533 g/mol. The van der Waals surface area contributed by atoms with Gasteiger partial charge in [0.05, 0.1) is 28.9 Å². The number of fused-ring (bicyclic) bond motifs is 1. The van der Waals surface area contributed by atoms with E-state index in [4.69, 9.17) is 21.3 Å². The van der Waals surface area contributed by atoms with E-state index in [1.54, 1.807) is 18.3 Å². The summed E-state index contributed by atoms with van der Waals surface area (Å²) in [4.78, 5) is 20.7. The normalized spacial score (nSPS) is 19.7. The number of Topliss-reactive ketones (excluding diaryl/α,β-unsaturated/α-hetero) is 1. The third-order valence-electron chi connectivity index (χ3n) is 8.26. The first kappa shape index (κ1) is 29.4. The largest absolute Gasteiger partial charge is 0.503 e. The molecule has 3 aromatic rings. The van der Waals surface area contributed by atoms with Gasteiger partial charge < -0.3 is 20.1 Å². The quantitative estimate of drug-likeness (QED) is 0.271. The number of aromatic hydroxyl groups is 1. The lowest BCUT2D eigenvalue weighted by Gasteiger charge is -2.32. The second kappa shape index (κ2) is 12.8. The molecule has 2 aliphatic rings. The number of ketones is 1. The summed E-state index contributed by atoms with van der Waals surface area (Å²) in [6.07, 6.45) is 10.5. The van der Waals surface area contributed by atoms with Gasteiger partial charge in [0.15, 0.2) is 17.3 Å². The van der Waals surface area contributed by atoms with Gasteiger partial charge in [-0.1, -0.05) is 30.5 Å². The number of carbonyl (C=O) groups is 1. The molecule has 0 radical (unpaired) electrons. The van der Waals surface area contributed by atoms with E-state index >= 15 is 0 Å². The fourth-order valence-electron chi connectivity index (χ4n) is 6.23. The maximum Gasteiger partial charge on any atom is 0.176 e. The van der Waals surface area contributed by atoms with Crippen LogP contribution in [0.1, 0.15) is 61.7 Å². The van der Waals surface area contributed by atoms with E-state index in [0.29, 0.717) is 17.4 Å². The summed E-state index contributed by atoms with van der Waals surface area (Å²) in [6.45, 7) is 1.12. The number of rotatable bonds is 8. The van der Waals surface area contributed by atoms with Gasteiger partial charge in [0, 0.05) is 30.1 Å². The van der Waals surface area contributed by atoms with Crippen LogP contribution in [-0.2, 0) is 0 Å². The third kappa shape index (κ3) is 6.45. The number of hydrogen-bond donors (Lipinski definition) is 2. The van der Waals surface area contributed by atoms with Crippen LogP contribution in [0.15, 0.2) is 36.5 Å². The average Bonchev–Trinajstić information content (AvgIpc) is 3.46. The Morgan fingerprint density at radius 3 is 2.46 bits per heavy atom. The minimum absolute atomic E-state index is 0. The number of pyridine rings is 1. The number of methoxy groups -OCH3 is 1. The van der Waals surface area contributed by atoms with Crippen molar-refractivity contribution in [3.05, 3.63) is 47.1 Å². The summed E-state index contributed by atoms with van der Waals surface area (Å²) >= 11 is 6.31. The highest BCUT2D eigenvalue weighted by Crippen LogP contribution is 2.41. The smallest absolute Gasteiger partial charge is 0.176 e. The molecule has 2 fully saturated rings. The highest BCUT2D eigenvalue weighted by molar-refractivity contribution is 6.32. The van der Waals surface area contributed by atoms with Crippen molar-refractivity contribution >= 4 is 46.4 Å². The first-order valence-corrected chi connectivity index (χ1v) is 14.2. The van der Waals surface area contributed by atoms with E-state index in [1.165, 1.54) is 20.0 Å². The number of nitrogens with zero attached hydrogens (tertiary/aromatic N) is 2. The maximum absolute atomic E-state index is 13.7. The molecule has 1 aromatic heterocycles. The van der Waals surface area contributed by atoms with E-state index in [-0.39, 0.29) is 34.9 Å². The lowest BCUT2D eigenvalue weighted by atomic mass is 9.85. The van der Waals surface area contributed by atoms with Crippen LogP contribution in [0.25, 0.3) is 22.0 Å². The third-order valence-corrected chi connectivity index (χ3v) is 8.55. The molecule has 2 saturated carbocycles. The topological polar surface area (TPSA) is 74.7 Å². The summed E-state index contributed by atoms with van der Waals surface area (Å²) in [6, 6.07) is 9.90. The molecule has 0 bridgehead atoms. The Labute approximate surface area is 242 Å². The number of nitrogens with one attached hydrogen (secondary N) is 1. The Bertz CT molecular complexity index is 1320. The number of ether oxygens (including phenoxy) is 1. The van der Waals surface area contributed by atoms with Gasteiger partial charge in [-0.05, 0) is 93.9 Å². The molecule has 0 amide bonds. The molecule has 2 aromatic carbocycles. The van der Waals surface area contributed by atoms with Crippen molar-refractivity contribution in [2.75, 3.05) is 33.1 Å². The standard InChI is InChI=1S/C31H38ClN3O3.ClH/c1-35(2)18-19-8-11-23(12-9-19)34-29-24-14-21(22-15-26(32)31(37)28(16-22)38-3)10-13-27(24)33-17-25(29)30(36)20-6-4-5-7-20;/h10,13-17,19-20,23,37H,4-9,11-12,18H2,1-3H3,(H,33,34);1H. The Morgan fingerprint density at radius 2 is 1.79 bits per heavy atom. The fraction of sp³-hybridized carbons (Fsp3) is 0.484. The van der Waals surface area contributed by atoms with Crippen LogP contribution in [0.5, 0.6) is 11.5 Å². The molecule has 0 saturated heterocycles. The van der Waals surface area contributed by atoms with Gasteiger partial charge in [-0.25, -0.2) is 0 Å². The van der Waals surface area contributed by atoms with Crippen LogP contribution in [0.3, 0.4) is 0 Å². The van der Waals surface area contributed by atoms with Crippen LogP contribution in [0.4, 0.5) is 5.69 Å². The number of hydrogen-bond acceptors (Lipinski definition) is 6. The Hall–Kier alpha value is -2.54. The molecular formula is C31H39Cl2N3O3. The second-order valence-electron chi connectivity index (χ2n) is 11.3. The van der Waals surface area contributed by atoms with Gasteiger partial charge in [0.1, 0.15) is 0 Å². The molecule has 210 valence electrons. The highest BCUT2D eigenvalue weighted by Gasteiger charge is 2.29. The van der Waals surface area contributed by atoms with Crippen LogP contribution >= 0.6 is 24.0 Å². The molecule has 6 nitrogen and oxygen atoms in total. The number of aromatic nitrogens is 1. The van der Waals surface area contributed by atoms with Crippen LogP contribution < -0.4 is 10.1 Å². The van der Waals surface area contributed by atoms with Crippen LogP contribution in [0.2, 0.25) is 5.02 Å². The summed E-state index contributed by atoms with van der Waals surface area (Å²) < 4.78 is 5.33. The van der Waals surface area contributed by atoms with Crippen molar-refractivity contribution in [1.82, 2.24) is 9.88 Å². The Kier molecular flexibility index (Phi) is 9.63. The first-order chi connectivity index (χ1) is 18.3. The van der Waals surface area contributed by atoms with Crippen molar-refractivity contribution in [2.45, 2.75) is 57.4 Å². The van der Waals surface area contributed by atoms with Gasteiger partial charge in [-0.15, -0.1) is 12.4 Å². The number of carbonyl (C=O) groups excluding carboxylic acids is 1. The maximum atomic E-state index is 13.7. The number of phenolic OH excluding ortho intramolecular Hbond substituents is 1. The zero-order valence-corrected chi connectivity index (χ0v) is 24.6.